The predicted molar refractivity (Wildman–Crippen MR) is 135 cm³/mol. The van der Waals surface area contributed by atoms with Crippen molar-refractivity contribution in [1.29, 1.82) is 0 Å². The van der Waals surface area contributed by atoms with Crippen LogP contribution in [-0.4, -0.2) is 23.7 Å². The van der Waals surface area contributed by atoms with Crippen LogP contribution < -0.4 is 24.8 Å². The van der Waals surface area contributed by atoms with Gasteiger partial charge < -0.3 is 24.8 Å². The van der Waals surface area contributed by atoms with Crippen LogP contribution in [0.25, 0.3) is 0 Å². The Balaban J connectivity index is 1.78. The Bertz CT molecular complexity index is 1130. The number of benzene rings is 2. The van der Waals surface area contributed by atoms with E-state index in [4.69, 9.17) is 14.2 Å². The molecule has 7 nitrogen and oxygen atoms in total. The van der Waals surface area contributed by atoms with Crippen LogP contribution in [0, 0.1) is 0 Å². The summed E-state index contributed by atoms with van der Waals surface area (Å²) in [7, 11) is 1.53. The molecule has 180 valence electrons. The SMILES string of the molecule is COc1ccc(NC(=O)Nc2ccc(OC(C)(C)C)cc2)c(Oc2ccccc2C(C)(C)C)n1. The van der Waals surface area contributed by atoms with E-state index in [2.05, 4.69) is 36.4 Å². The molecule has 1 aromatic heterocycles. The summed E-state index contributed by atoms with van der Waals surface area (Å²) in [4.78, 5) is 17.1. The minimum Gasteiger partial charge on any atom is -0.488 e. The average molecular weight is 464 g/mol. The van der Waals surface area contributed by atoms with Gasteiger partial charge in [-0.1, -0.05) is 39.0 Å². The molecule has 34 heavy (non-hydrogen) atoms. The summed E-state index contributed by atoms with van der Waals surface area (Å²) in [6, 6.07) is 17.9. The quantitative estimate of drug-likeness (QED) is 0.411. The number of hydrogen-bond donors (Lipinski definition) is 2. The minimum absolute atomic E-state index is 0.136. The molecule has 0 fully saturated rings. The lowest BCUT2D eigenvalue weighted by molar-refractivity contribution is 0.131. The highest BCUT2D eigenvalue weighted by Gasteiger charge is 2.21. The van der Waals surface area contributed by atoms with Gasteiger partial charge in [-0.3, -0.25) is 0 Å². The number of aromatic nitrogens is 1. The van der Waals surface area contributed by atoms with Crippen LogP contribution in [0.15, 0.2) is 60.7 Å². The van der Waals surface area contributed by atoms with Crippen molar-refractivity contribution in [3.05, 3.63) is 66.2 Å². The smallest absolute Gasteiger partial charge is 0.323 e. The fourth-order valence-electron chi connectivity index (χ4n) is 3.23. The van der Waals surface area contributed by atoms with E-state index in [0.29, 0.717) is 23.0 Å². The molecule has 2 N–H and O–H groups in total. The Hall–Kier alpha value is -3.74. The summed E-state index contributed by atoms with van der Waals surface area (Å²) in [5.74, 6) is 2.00. The standard InChI is InChI=1S/C27H33N3O4/c1-26(2,3)20-10-8-9-11-22(20)33-24-21(16-17-23(30-24)32-7)29-25(31)28-18-12-14-19(15-13-18)34-27(4,5)6/h8-17H,1-7H3,(H2,28,29,31). The molecule has 0 aliphatic rings. The zero-order chi connectivity index (χ0) is 24.9. The molecule has 0 spiro atoms. The van der Waals surface area contributed by atoms with Gasteiger partial charge in [0.1, 0.15) is 22.8 Å². The molecule has 0 aliphatic heterocycles. The Morgan fingerprint density at radius 2 is 1.53 bits per heavy atom. The molecule has 0 aliphatic carbocycles. The van der Waals surface area contributed by atoms with Crippen molar-refractivity contribution in [2.75, 3.05) is 17.7 Å². The number of hydrogen-bond acceptors (Lipinski definition) is 5. The highest BCUT2D eigenvalue weighted by molar-refractivity contribution is 6.00. The first kappa shape index (κ1) is 24.9. The van der Waals surface area contributed by atoms with E-state index in [-0.39, 0.29) is 16.9 Å². The summed E-state index contributed by atoms with van der Waals surface area (Å²) < 4.78 is 17.3. The second-order valence-electron chi connectivity index (χ2n) is 9.87. The van der Waals surface area contributed by atoms with Gasteiger partial charge in [0.05, 0.1) is 7.11 Å². The Morgan fingerprint density at radius 3 is 2.15 bits per heavy atom. The minimum atomic E-state index is -0.426. The normalized spacial score (nSPS) is 11.5. The summed E-state index contributed by atoms with van der Waals surface area (Å²) in [6.07, 6.45) is 0. The van der Waals surface area contributed by atoms with Crippen LogP contribution in [0.5, 0.6) is 23.3 Å². The van der Waals surface area contributed by atoms with Crippen molar-refractivity contribution in [2.45, 2.75) is 52.6 Å². The number of nitrogens with one attached hydrogen (secondary N) is 2. The molecule has 0 saturated heterocycles. The molecule has 3 aromatic rings. The first-order valence-corrected chi connectivity index (χ1v) is 11.1. The summed E-state index contributed by atoms with van der Waals surface area (Å²) in [5.41, 5.74) is 1.63. The molecule has 3 rings (SSSR count). The lowest BCUT2D eigenvalue weighted by atomic mass is 9.86. The van der Waals surface area contributed by atoms with E-state index in [1.165, 1.54) is 7.11 Å². The molecule has 0 unspecified atom stereocenters. The zero-order valence-corrected chi connectivity index (χ0v) is 20.9. The number of carbonyl (C=O) groups excluding carboxylic acids is 1. The Kier molecular flexibility index (Phi) is 7.35. The number of para-hydroxylation sites is 1. The lowest BCUT2D eigenvalue weighted by Gasteiger charge is -2.23. The maximum Gasteiger partial charge on any atom is 0.323 e. The fraction of sp³-hybridized carbons (Fsp3) is 0.333. The van der Waals surface area contributed by atoms with Crippen molar-refractivity contribution in [1.82, 2.24) is 4.98 Å². The first-order chi connectivity index (χ1) is 15.9. The van der Waals surface area contributed by atoms with Gasteiger partial charge in [-0.05, 0) is 62.6 Å². The van der Waals surface area contributed by atoms with Crippen LogP contribution in [0.3, 0.4) is 0 Å². The topological polar surface area (TPSA) is 81.7 Å². The van der Waals surface area contributed by atoms with Gasteiger partial charge in [-0.25, -0.2) is 4.79 Å². The zero-order valence-electron chi connectivity index (χ0n) is 20.9. The van der Waals surface area contributed by atoms with Gasteiger partial charge in [-0.15, -0.1) is 0 Å². The number of methoxy groups -OCH3 is 1. The molecule has 2 amide bonds. The van der Waals surface area contributed by atoms with Crippen LogP contribution in [-0.2, 0) is 5.41 Å². The third-order valence-electron chi connectivity index (χ3n) is 4.73. The summed E-state index contributed by atoms with van der Waals surface area (Å²) in [6.45, 7) is 12.3. The third-order valence-corrected chi connectivity index (χ3v) is 4.73. The second kappa shape index (κ2) is 10.0. The van der Waals surface area contributed by atoms with Crippen LogP contribution >= 0.6 is 0 Å². The number of ether oxygens (including phenoxy) is 3. The summed E-state index contributed by atoms with van der Waals surface area (Å²) >= 11 is 0. The molecule has 1 heterocycles. The maximum absolute atomic E-state index is 12.7. The highest BCUT2D eigenvalue weighted by atomic mass is 16.5. The monoisotopic (exact) mass is 463 g/mol. The number of rotatable bonds is 6. The number of anilines is 2. The van der Waals surface area contributed by atoms with Crippen molar-refractivity contribution in [3.8, 4) is 23.3 Å². The highest BCUT2D eigenvalue weighted by Crippen LogP contribution is 2.36. The molecule has 2 aromatic carbocycles. The van der Waals surface area contributed by atoms with E-state index >= 15 is 0 Å². The molecular formula is C27H33N3O4. The maximum atomic E-state index is 12.7. The van der Waals surface area contributed by atoms with E-state index < -0.39 is 6.03 Å². The van der Waals surface area contributed by atoms with E-state index in [1.807, 2.05) is 57.2 Å². The Labute approximate surface area is 201 Å². The molecule has 0 atom stereocenters. The van der Waals surface area contributed by atoms with Crippen molar-refractivity contribution >= 4 is 17.4 Å². The lowest BCUT2D eigenvalue weighted by Crippen LogP contribution is -2.23. The number of nitrogens with zero attached hydrogens (tertiary/aromatic N) is 1. The van der Waals surface area contributed by atoms with E-state index in [1.54, 1.807) is 24.3 Å². The number of urea groups is 1. The van der Waals surface area contributed by atoms with Gasteiger partial charge in [0, 0.05) is 17.3 Å². The van der Waals surface area contributed by atoms with Crippen molar-refractivity contribution < 1.29 is 19.0 Å². The predicted octanol–water partition coefficient (Wildman–Crippen LogP) is 7.00. The molecule has 0 bridgehead atoms. The number of pyridine rings is 1. The average Bonchev–Trinajstić information content (AvgIpc) is 2.75. The third kappa shape index (κ3) is 6.88. The van der Waals surface area contributed by atoms with Gasteiger partial charge in [-0.2, -0.15) is 4.98 Å². The van der Waals surface area contributed by atoms with E-state index in [0.717, 1.165) is 11.3 Å². The molecular weight excluding hydrogens is 430 g/mol. The number of amides is 2. The van der Waals surface area contributed by atoms with Gasteiger partial charge >= 0.3 is 6.03 Å². The van der Waals surface area contributed by atoms with E-state index in [9.17, 15) is 4.79 Å². The largest absolute Gasteiger partial charge is 0.488 e. The van der Waals surface area contributed by atoms with Crippen molar-refractivity contribution in [2.24, 2.45) is 0 Å². The Morgan fingerprint density at radius 1 is 0.853 bits per heavy atom. The van der Waals surface area contributed by atoms with Crippen LogP contribution in [0.2, 0.25) is 0 Å². The van der Waals surface area contributed by atoms with Crippen LogP contribution in [0.1, 0.15) is 47.1 Å². The van der Waals surface area contributed by atoms with Gasteiger partial charge in [0.2, 0.25) is 11.8 Å². The number of carbonyl (C=O) groups is 1. The van der Waals surface area contributed by atoms with Crippen LogP contribution in [0.4, 0.5) is 16.2 Å². The molecule has 7 heteroatoms. The fourth-order valence-corrected chi connectivity index (χ4v) is 3.23. The van der Waals surface area contributed by atoms with Crippen molar-refractivity contribution in [3.63, 3.8) is 0 Å². The van der Waals surface area contributed by atoms with Gasteiger partial charge in [0.15, 0.2) is 0 Å². The first-order valence-electron chi connectivity index (χ1n) is 11.1. The molecule has 0 saturated carbocycles. The summed E-state index contributed by atoms with van der Waals surface area (Å²) in [5, 5.41) is 5.63. The van der Waals surface area contributed by atoms with Gasteiger partial charge in [0.25, 0.3) is 0 Å². The second-order valence-corrected chi connectivity index (χ2v) is 9.87. The molecule has 0 radical (unpaired) electrons.